The van der Waals surface area contributed by atoms with Gasteiger partial charge in [-0.15, -0.1) is 0 Å². The maximum absolute atomic E-state index is 10.7. The fraction of sp³-hybridized carbons (Fsp3) is 0.200. The lowest BCUT2D eigenvalue weighted by Crippen LogP contribution is -2.07. The molecule has 3 N–H and O–H groups in total. The maximum Gasteiger partial charge on any atom is 0.273 e. The Hall–Kier alpha value is -2.76. The van der Waals surface area contributed by atoms with E-state index < -0.39 is 4.92 Å². The molecule has 0 unspecified atom stereocenters. The van der Waals surface area contributed by atoms with E-state index in [-0.39, 0.29) is 5.69 Å². The predicted octanol–water partition coefficient (Wildman–Crippen LogP) is 3.06. The largest absolute Gasteiger partial charge is 0.494 e. The second-order valence-corrected chi connectivity index (χ2v) is 4.51. The van der Waals surface area contributed by atoms with E-state index in [4.69, 9.17) is 10.5 Å². The van der Waals surface area contributed by atoms with Crippen LogP contribution in [0.2, 0.25) is 0 Å². The highest BCUT2D eigenvalue weighted by atomic mass is 16.6. The van der Waals surface area contributed by atoms with Gasteiger partial charge in [0.1, 0.15) is 5.75 Å². The number of nitrogen functional groups attached to an aromatic ring is 1. The standard InChI is InChI=1S/C15H17N3O3/c16-12-9-13(11-14(10-12)18(19)20)17-7-4-8-21-15-5-2-1-3-6-15/h1-3,5-6,9-11,17H,4,7-8,16H2. The predicted molar refractivity (Wildman–Crippen MR) is 82.6 cm³/mol. The van der Waals surface area contributed by atoms with Crippen molar-refractivity contribution in [1.29, 1.82) is 0 Å². The van der Waals surface area contributed by atoms with Gasteiger partial charge in [-0.3, -0.25) is 10.1 Å². The number of nitro groups is 1. The number of nitrogens with zero attached hydrogens (tertiary/aromatic N) is 1. The molecule has 0 amide bonds. The molecule has 0 saturated carbocycles. The molecule has 0 aromatic heterocycles. The highest BCUT2D eigenvalue weighted by Gasteiger charge is 2.07. The third-order valence-corrected chi connectivity index (χ3v) is 2.81. The van der Waals surface area contributed by atoms with Crippen LogP contribution in [0.1, 0.15) is 6.42 Å². The lowest BCUT2D eigenvalue weighted by Gasteiger charge is -2.08. The van der Waals surface area contributed by atoms with Crippen LogP contribution in [0.3, 0.4) is 0 Å². The number of anilines is 2. The van der Waals surface area contributed by atoms with Crippen LogP contribution in [0.25, 0.3) is 0 Å². The van der Waals surface area contributed by atoms with Gasteiger partial charge in [0.05, 0.1) is 11.5 Å². The molecule has 6 heteroatoms. The van der Waals surface area contributed by atoms with E-state index in [1.165, 1.54) is 12.1 Å². The molecular weight excluding hydrogens is 270 g/mol. The van der Waals surface area contributed by atoms with Crippen molar-refractivity contribution in [3.63, 3.8) is 0 Å². The molecule has 21 heavy (non-hydrogen) atoms. The molecule has 2 aromatic rings. The first-order chi connectivity index (χ1) is 10.1. The summed E-state index contributed by atoms with van der Waals surface area (Å²) in [6, 6.07) is 14.0. The van der Waals surface area contributed by atoms with E-state index in [9.17, 15) is 10.1 Å². The minimum atomic E-state index is -0.458. The minimum Gasteiger partial charge on any atom is -0.494 e. The lowest BCUT2D eigenvalue weighted by atomic mass is 10.2. The topological polar surface area (TPSA) is 90.4 Å². The molecule has 0 spiro atoms. The van der Waals surface area contributed by atoms with Crippen LogP contribution in [0.5, 0.6) is 5.75 Å². The van der Waals surface area contributed by atoms with Gasteiger partial charge in [-0.25, -0.2) is 0 Å². The molecule has 0 fully saturated rings. The first kappa shape index (κ1) is 14.6. The molecule has 0 aliphatic heterocycles. The van der Waals surface area contributed by atoms with E-state index in [2.05, 4.69) is 5.32 Å². The van der Waals surface area contributed by atoms with Crippen molar-refractivity contribution in [1.82, 2.24) is 0 Å². The van der Waals surface area contributed by atoms with Crippen LogP contribution in [-0.2, 0) is 0 Å². The Labute approximate surface area is 122 Å². The third kappa shape index (κ3) is 4.68. The number of rotatable bonds is 7. The molecule has 6 nitrogen and oxygen atoms in total. The van der Waals surface area contributed by atoms with Crippen molar-refractivity contribution in [3.8, 4) is 5.75 Å². The van der Waals surface area contributed by atoms with Gasteiger partial charge in [-0.2, -0.15) is 0 Å². The van der Waals surface area contributed by atoms with E-state index in [1.807, 2.05) is 30.3 Å². The number of para-hydroxylation sites is 1. The molecule has 0 aliphatic rings. The summed E-state index contributed by atoms with van der Waals surface area (Å²) < 4.78 is 5.56. The molecule has 0 bridgehead atoms. The second kappa shape index (κ2) is 7.14. The van der Waals surface area contributed by atoms with Crippen molar-refractivity contribution in [2.75, 3.05) is 24.2 Å². The molecule has 0 heterocycles. The number of benzene rings is 2. The zero-order chi connectivity index (χ0) is 15.1. The second-order valence-electron chi connectivity index (χ2n) is 4.51. The van der Waals surface area contributed by atoms with Crippen LogP contribution < -0.4 is 15.8 Å². The Morgan fingerprint density at radius 1 is 1.19 bits per heavy atom. The Bertz CT molecular complexity index is 602. The van der Waals surface area contributed by atoms with Gasteiger partial charge >= 0.3 is 0 Å². The summed E-state index contributed by atoms with van der Waals surface area (Å²) in [7, 11) is 0. The summed E-state index contributed by atoms with van der Waals surface area (Å²) in [6.07, 6.45) is 0.775. The minimum absolute atomic E-state index is 0.0157. The highest BCUT2D eigenvalue weighted by Crippen LogP contribution is 2.22. The normalized spacial score (nSPS) is 10.1. The van der Waals surface area contributed by atoms with Crippen molar-refractivity contribution in [2.45, 2.75) is 6.42 Å². The summed E-state index contributed by atoms with van der Waals surface area (Å²) in [6.45, 7) is 1.22. The first-order valence-electron chi connectivity index (χ1n) is 6.62. The van der Waals surface area contributed by atoms with Gasteiger partial charge in [0, 0.05) is 30.1 Å². The Morgan fingerprint density at radius 3 is 2.67 bits per heavy atom. The smallest absolute Gasteiger partial charge is 0.273 e. The molecule has 110 valence electrons. The number of ether oxygens (including phenoxy) is 1. The molecular formula is C15H17N3O3. The van der Waals surface area contributed by atoms with Crippen LogP contribution in [-0.4, -0.2) is 18.1 Å². The quantitative estimate of drug-likeness (QED) is 0.353. The molecule has 0 aliphatic carbocycles. The number of non-ortho nitro benzene ring substituents is 1. The molecule has 0 atom stereocenters. The van der Waals surface area contributed by atoms with Gasteiger partial charge in [0.2, 0.25) is 0 Å². The van der Waals surface area contributed by atoms with Crippen LogP contribution >= 0.6 is 0 Å². The number of hydrogen-bond acceptors (Lipinski definition) is 5. The summed E-state index contributed by atoms with van der Waals surface area (Å²) in [5.74, 6) is 0.831. The summed E-state index contributed by atoms with van der Waals surface area (Å²) >= 11 is 0. The zero-order valence-electron chi connectivity index (χ0n) is 11.5. The average Bonchev–Trinajstić information content (AvgIpc) is 2.47. The van der Waals surface area contributed by atoms with Gasteiger partial charge in [0.15, 0.2) is 0 Å². The molecule has 0 saturated heterocycles. The monoisotopic (exact) mass is 287 g/mol. The van der Waals surface area contributed by atoms with Gasteiger partial charge in [-0.1, -0.05) is 18.2 Å². The van der Waals surface area contributed by atoms with Gasteiger partial charge < -0.3 is 15.8 Å². The highest BCUT2D eigenvalue weighted by molar-refractivity contribution is 5.61. The summed E-state index contributed by atoms with van der Waals surface area (Å²) in [5.41, 5.74) is 6.63. The molecule has 2 aromatic carbocycles. The number of nitro benzene ring substituents is 1. The Morgan fingerprint density at radius 2 is 1.95 bits per heavy atom. The molecule has 2 rings (SSSR count). The lowest BCUT2D eigenvalue weighted by molar-refractivity contribution is -0.384. The van der Waals surface area contributed by atoms with E-state index in [0.29, 0.717) is 24.5 Å². The molecule has 0 radical (unpaired) electrons. The van der Waals surface area contributed by atoms with Crippen molar-refractivity contribution in [3.05, 3.63) is 58.6 Å². The van der Waals surface area contributed by atoms with Crippen LogP contribution in [0.4, 0.5) is 17.1 Å². The van der Waals surface area contributed by atoms with E-state index in [1.54, 1.807) is 6.07 Å². The number of hydrogen-bond donors (Lipinski definition) is 2. The van der Waals surface area contributed by atoms with Crippen LogP contribution in [0, 0.1) is 10.1 Å². The summed E-state index contributed by atoms with van der Waals surface area (Å²) in [5, 5.41) is 13.8. The first-order valence-corrected chi connectivity index (χ1v) is 6.62. The zero-order valence-corrected chi connectivity index (χ0v) is 11.5. The van der Waals surface area contributed by atoms with Crippen molar-refractivity contribution >= 4 is 17.1 Å². The van der Waals surface area contributed by atoms with Crippen molar-refractivity contribution < 1.29 is 9.66 Å². The fourth-order valence-electron chi connectivity index (χ4n) is 1.85. The summed E-state index contributed by atoms with van der Waals surface area (Å²) in [4.78, 5) is 10.3. The third-order valence-electron chi connectivity index (χ3n) is 2.81. The van der Waals surface area contributed by atoms with E-state index >= 15 is 0 Å². The number of nitrogens with one attached hydrogen (secondary N) is 1. The van der Waals surface area contributed by atoms with Gasteiger partial charge in [-0.05, 0) is 24.6 Å². The Balaban J connectivity index is 1.77. The van der Waals surface area contributed by atoms with E-state index in [0.717, 1.165) is 12.2 Å². The van der Waals surface area contributed by atoms with Crippen LogP contribution in [0.15, 0.2) is 48.5 Å². The Kier molecular flexibility index (Phi) is 4.98. The maximum atomic E-state index is 10.7. The SMILES string of the molecule is Nc1cc(NCCCOc2ccccc2)cc([N+](=O)[O-])c1. The average molecular weight is 287 g/mol. The fourth-order valence-corrected chi connectivity index (χ4v) is 1.85. The van der Waals surface area contributed by atoms with Crippen molar-refractivity contribution in [2.24, 2.45) is 0 Å². The van der Waals surface area contributed by atoms with Gasteiger partial charge in [0.25, 0.3) is 5.69 Å². The number of nitrogens with two attached hydrogens (primary N) is 1.